The average molecular weight is 352 g/mol. The number of allylic oxidation sites excluding steroid dienone is 1. The summed E-state index contributed by atoms with van der Waals surface area (Å²) in [6.07, 6.45) is 1.82. The largest absolute Gasteiger partial charge is 0.377 e. The van der Waals surface area contributed by atoms with Crippen molar-refractivity contribution >= 4 is 33.3 Å². The molecule has 3 nitrogen and oxygen atoms in total. The van der Waals surface area contributed by atoms with Crippen molar-refractivity contribution in [2.45, 2.75) is 0 Å². The topological polar surface area (TPSA) is 50.8 Å². The smallest absolute Gasteiger partial charge is 0.0998 e. The highest BCUT2D eigenvalue weighted by Crippen LogP contribution is 2.27. The highest BCUT2D eigenvalue weighted by atomic mass is 79.9. The Hall–Kier alpha value is -2.56. The summed E-state index contributed by atoms with van der Waals surface area (Å²) in [5.41, 5.74) is 3.82. The van der Waals surface area contributed by atoms with Gasteiger partial charge >= 0.3 is 0 Å². The molecule has 4 heteroatoms. The van der Waals surface area contributed by atoms with E-state index in [0.717, 1.165) is 21.3 Å². The Balaban J connectivity index is 2.43. The number of nitrogens with zero attached hydrogens (tertiary/aromatic N) is 3. The first-order chi connectivity index (χ1) is 10.5. The van der Waals surface area contributed by atoms with Crippen molar-refractivity contribution in [2.75, 3.05) is 19.0 Å². The minimum atomic E-state index is 0.529. The third-order valence-electron chi connectivity index (χ3n) is 3.19. The Morgan fingerprint density at radius 3 is 2.50 bits per heavy atom. The Morgan fingerprint density at radius 1 is 1.14 bits per heavy atom. The SMILES string of the molecule is CN(C)c1ccc(/C=C(/C#N)c2cccc(C#N)c2)cc1Br. The first-order valence-electron chi connectivity index (χ1n) is 6.64. The van der Waals surface area contributed by atoms with E-state index >= 15 is 0 Å². The maximum absolute atomic E-state index is 9.40. The quantitative estimate of drug-likeness (QED) is 0.606. The third kappa shape index (κ3) is 3.55. The molecular formula is C18H14BrN3. The summed E-state index contributed by atoms with van der Waals surface area (Å²) in [5, 5.41) is 18.4. The molecule has 0 saturated carbocycles. The Labute approximate surface area is 138 Å². The summed E-state index contributed by atoms with van der Waals surface area (Å²) >= 11 is 3.54. The number of anilines is 1. The van der Waals surface area contributed by atoms with Crippen molar-refractivity contribution in [3.8, 4) is 12.1 Å². The van der Waals surface area contributed by atoms with Crippen LogP contribution < -0.4 is 4.90 Å². The normalized spacial score (nSPS) is 10.7. The molecule has 2 rings (SSSR count). The zero-order valence-electron chi connectivity index (χ0n) is 12.3. The van der Waals surface area contributed by atoms with Crippen LogP contribution in [0, 0.1) is 22.7 Å². The molecule has 0 saturated heterocycles. The molecule has 0 aliphatic heterocycles. The molecule has 22 heavy (non-hydrogen) atoms. The van der Waals surface area contributed by atoms with E-state index in [-0.39, 0.29) is 0 Å². The molecule has 2 aromatic carbocycles. The van der Waals surface area contributed by atoms with Crippen LogP contribution >= 0.6 is 15.9 Å². The van der Waals surface area contributed by atoms with Gasteiger partial charge in [-0.3, -0.25) is 0 Å². The highest BCUT2D eigenvalue weighted by molar-refractivity contribution is 9.10. The van der Waals surface area contributed by atoms with E-state index in [0.29, 0.717) is 11.1 Å². The van der Waals surface area contributed by atoms with Gasteiger partial charge in [-0.05, 0) is 57.4 Å². The Bertz CT molecular complexity index is 808. The molecular weight excluding hydrogens is 338 g/mol. The Morgan fingerprint density at radius 2 is 1.91 bits per heavy atom. The minimum absolute atomic E-state index is 0.529. The monoisotopic (exact) mass is 351 g/mol. The predicted molar refractivity (Wildman–Crippen MR) is 93.1 cm³/mol. The van der Waals surface area contributed by atoms with Gasteiger partial charge in [-0.25, -0.2) is 0 Å². The highest BCUT2D eigenvalue weighted by Gasteiger charge is 2.05. The fraction of sp³-hybridized carbons (Fsp3) is 0.111. The maximum Gasteiger partial charge on any atom is 0.0998 e. The van der Waals surface area contributed by atoms with E-state index < -0.39 is 0 Å². The van der Waals surface area contributed by atoms with Crippen molar-refractivity contribution in [1.29, 1.82) is 10.5 Å². The first-order valence-corrected chi connectivity index (χ1v) is 7.43. The van der Waals surface area contributed by atoms with Crippen molar-refractivity contribution < 1.29 is 0 Å². The van der Waals surface area contributed by atoms with Gasteiger partial charge in [-0.1, -0.05) is 18.2 Å². The number of hydrogen-bond donors (Lipinski definition) is 0. The van der Waals surface area contributed by atoms with E-state index in [9.17, 15) is 5.26 Å². The molecule has 0 unspecified atom stereocenters. The second kappa shape index (κ2) is 6.93. The van der Waals surface area contributed by atoms with E-state index in [2.05, 4.69) is 28.1 Å². The molecule has 0 fully saturated rings. The van der Waals surface area contributed by atoms with Crippen LogP contribution in [-0.4, -0.2) is 14.1 Å². The van der Waals surface area contributed by atoms with Crippen molar-refractivity contribution in [1.82, 2.24) is 0 Å². The lowest BCUT2D eigenvalue weighted by Gasteiger charge is -2.14. The zero-order chi connectivity index (χ0) is 16.1. The maximum atomic E-state index is 9.40. The van der Waals surface area contributed by atoms with Gasteiger partial charge in [-0.2, -0.15) is 10.5 Å². The van der Waals surface area contributed by atoms with Crippen LogP contribution in [0.1, 0.15) is 16.7 Å². The third-order valence-corrected chi connectivity index (χ3v) is 3.82. The number of halogens is 1. The van der Waals surface area contributed by atoms with Gasteiger partial charge in [-0.15, -0.1) is 0 Å². The van der Waals surface area contributed by atoms with Gasteiger partial charge in [0.2, 0.25) is 0 Å². The van der Waals surface area contributed by atoms with Crippen LogP contribution in [0.25, 0.3) is 11.6 Å². The predicted octanol–water partition coefficient (Wildman–Crippen LogP) is 4.45. The summed E-state index contributed by atoms with van der Waals surface area (Å²) in [4.78, 5) is 2.01. The van der Waals surface area contributed by atoms with E-state index in [1.807, 2.05) is 49.3 Å². The zero-order valence-corrected chi connectivity index (χ0v) is 13.9. The van der Waals surface area contributed by atoms with Gasteiger partial charge in [0.05, 0.1) is 29.0 Å². The molecule has 0 amide bonds. The molecule has 0 aliphatic rings. The first kappa shape index (κ1) is 15.8. The molecule has 0 spiro atoms. The molecule has 108 valence electrons. The van der Waals surface area contributed by atoms with Crippen LogP contribution in [0.15, 0.2) is 46.9 Å². The van der Waals surface area contributed by atoms with Gasteiger partial charge in [0.1, 0.15) is 0 Å². The Kier molecular flexibility index (Phi) is 4.99. The van der Waals surface area contributed by atoms with E-state index in [1.165, 1.54) is 0 Å². The summed E-state index contributed by atoms with van der Waals surface area (Å²) in [6, 6.07) is 17.3. The summed E-state index contributed by atoms with van der Waals surface area (Å²) in [7, 11) is 3.95. The second-order valence-electron chi connectivity index (χ2n) is 4.97. The lowest BCUT2D eigenvalue weighted by molar-refractivity contribution is 1.12. The summed E-state index contributed by atoms with van der Waals surface area (Å²) < 4.78 is 0.967. The number of benzene rings is 2. The fourth-order valence-electron chi connectivity index (χ4n) is 2.08. The van der Waals surface area contributed by atoms with Gasteiger partial charge in [0, 0.05) is 18.6 Å². The minimum Gasteiger partial charge on any atom is -0.377 e. The van der Waals surface area contributed by atoms with Crippen LogP contribution in [-0.2, 0) is 0 Å². The number of rotatable bonds is 3. The van der Waals surface area contributed by atoms with Gasteiger partial charge in [0.15, 0.2) is 0 Å². The number of hydrogen-bond acceptors (Lipinski definition) is 3. The number of nitriles is 2. The molecule has 2 aromatic rings. The van der Waals surface area contributed by atoms with Crippen LogP contribution in [0.4, 0.5) is 5.69 Å². The van der Waals surface area contributed by atoms with E-state index in [1.54, 1.807) is 18.2 Å². The van der Waals surface area contributed by atoms with E-state index in [4.69, 9.17) is 5.26 Å². The van der Waals surface area contributed by atoms with Crippen LogP contribution in [0.3, 0.4) is 0 Å². The molecule has 0 radical (unpaired) electrons. The molecule has 0 aromatic heterocycles. The molecule has 0 atom stereocenters. The standard InChI is InChI=1S/C18H14BrN3/c1-22(2)18-7-6-13(10-17(18)19)8-16(12-21)15-5-3-4-14(9-15)11-20/h3-10H,1-2H3/b16-8-. The van der Waals surface area contributed by atoms with Gasteiger partial charge in [0.25, 0.3) is 0 Å². The van der Waals surface area contributed by atoms with Crippen molar-refractivity contribution in [2.24, 2.45) is 0 Å². The molecule has 0 aliphatic carbocycles. The van der Waals surface area contributed by atoms with Crippen LogP contribution in [0.5, 0.6) is 0 Å². The van der Waals surface area contributed by atoms with Crippen molar-refractivity contribution in [3.05, 3.63) is 63.6 Å². The molecule has 0 bridgehead atoms. The lowest BCUT2D eigenvalue weighted by atomic mass is 10.0. The van der Waals surface area contributed by atoms with Gasteiger partial charge < -0.3 is 4.90 Å². The second-order valence-corrected chi connectivity index (χ2v) is 5.82. The lowest BCUT2D eigenvalue weighted by Crippen LogP contribution is -2.09. The van der Waals surface area contributed by atoms with Crippen LogP contribution in [0.2, 0.25) is 0 Å². The summed E-state index contributed by atoms with van der Waals surface area (Å²) in [6.45, 7) is 0. The van der Waals surface area contributed by atoms with Crippen molar-refractivity contribution in [3.63, 3.8) is 0 Å². The summed E-state index contributed by atoms with van der Waals surface area (Å²) in [5.74, 6) is 0. The average Bonchev–Trinajstić information content (AvgIpc) is 2.52. The molecule has 0 N–H and O–H groups in total. The fourth-order valence-corrected chi connectivity index (χ4v) is 2.83. The molecule has 0 heterocycles.